The maximum absolute atomic E-state index is 12.0. The van der Waals surface area contributed by atoms with Crippen molar-refractivity contribution in [2.75, 3.05) is 19.8 Å². The Balaban J connectivity index is 2.65. The van der Waals surface area contributed by atoms with E-state index in [1.807, 2.05) is 0 Å². The van der Waals surface area contributed by atoms with Crippen molar-refractivity contribution in [3.05, 3.63) is 29.8 Å². The van der Waals surface area contributed by atoms with Crippen molar-refractivity contribution >= 4 is 27.2 Å². The normalized spacial score (nSPS) is 12.3. The van der Waals surface area contributed by atoms with E-state index >= 15 is 0 Å². The van der Waals surface area contributed by atoms with Gasteiger partial charge in [0.1, 0.15) is 11.6 Å². The lowest BCUT2D eigenvalue weighted by Gasteiger charge is -2.11. The van der Waals surface area contributed by atoms with Crippen LogP contribution in [0.15, 0.2) is 29.2 Å². The third-order valence-corrected chi connectivity index (χ3v) is 3.99. The molecule has 5 nitrogen and oxygen atoms in total. The van der Waals surface area contributed by atoms with Crippen molar-refractivity contribution in [2.45, 2.75) is 11.1 Å². The lowest BCUT2D eigenvalue weighted by Crippen LogP contribution is -2.30. The minimum absolute atomic E-state index is 0.0932. The predicted molar refractivity (Wildman–Crippen MR) is 74.4 cm³/mol. The molecule has 118 valence electrons. The summed E-state index contributed by atoms with van der Waals surface area (Å²) in [5, 5.41) is 0. The average Bonchev–Trinajstić information content (AvgIpc) is 2.36. The molecule has 0 fully saturated rings. The van der Waals surface area contributed by atoms with Crippen LogP contribution in [0.1, 0.15) is 5.56 Å². The Bertz CT molecular complexity index is 603. The number of hydrogen-bond acceptors (Lipinski definition) is 4. The van der Waals surface area contributed by atoms with E-state index in [0.717, 1.165) is 0 Å². The van der Waals surface area contributed by atoms with Crippen LogP contribution in [0.5, 0.6) is 0 Å². The standard InChI is InChI=1S/C11H13F3N2O3S2/c12-11(13,14)7-19-6-5-16-21(17,18)9-4-2-1-3-8(9)10(15)20/h1-4,16H,5-7H2,(H2,15,20). The first-order valence-electron chi connectivity index (χ1n) is 5.66. The summed E-state index contributed by atoms with van der Waals surface area (Å²) in [7, 11) is -3.93. The van der Waals surface area contributed by atoms with Crippen LogP contribution >= 0.6 is 12.2 Å². The fourth-order valence-corrected chi connectivity index (χ4v) is 2.89. The Kier molecular flexibility index (Phi) is 6.08. The van der Waals surface area contributed by atoms with Crippen molar-refractivity contribution in [3.8, 4) is 0 Å². The number of nitrogens with one attached hydrogen (secondary N) is 1. The Hall–Kier alpha value is -1.23. The molecule has 10 heteroatoms. The molecule has 0 aliphatic rings. The Labute approximate surface area is 125 Å². The second-order valence-electron chi connectivity index (χ2n) is 3.93. The Morgan fingerprint density at radius 2 is 1.95 bits per heavy atom. The fourth-order valence-electron chi connectivity index (χ4n) is 1.42. The quantitative estimate of drug-likeness (QED) is 0.574. The molecule has 0 unspecified atom stereocenters. The van der Waals surface area contributed by atoms with E-state index in [-0.39, 0.29) is 22.0 Å². The number of nitrogens with two attached hydrogens (primary N) is 1. The molecule has 0 aliphatic heterocycles. The van der Waals surface area contributed by atoms with Gasteiger partial charge < -0.3 is 10.5 Å². The van der Waals surface area contributed by atoms with Gasteiger partial charge in [-0.25, -0.2) is 13.1 Å². The highest BCUT2D eigenvalue weighted by molar-refractivity contribution is 7.89. The first-order valence-corrected chi connectivity index (χ1v) is 7.55. The molecule has 0 atom stereocenters. The topological polar surface area (TPSA) is 81.4 Å². The van der Waals surface area contributed by atoms with Crippen molar-refractivity contribution in [1.82, 2.24) is 4.72 Å². The molecule has 0 amide bonds. The summed E-state index contributed by atoms with van der Waals surface area (Å²) >= 11 is 4.75. The average molecular weight is 342 g/mol. The molecule has 3 N–H and O–H groups in total. The summed E-state index contributed by atoms with van der Waals surface area (Å²) < 4.78 is 65.9. The van der Waals surface area contributed by atoms with Gasteiger partial charge in [-0.3, -0.25) is 0 Å². The lowest BCUT2D eigenvalue weighted by molar-refractivity contribution is -0.173. The number of hydrogen-bond donors (Lipinski definition) is 2. The van der Waals surface area contributed by atoms with Crippen molar-refractivity contribution in [2.24, 2.45) is 5.73 Å². The smallest absolute Gasteiger partial charge is 0.389 e. The van der Waals surface area contributed by atoms with E-state index in [2.05, 4.69) is 9.46 Å². The summed E-state index contributed by atoms with van der Waals surface area (Å²) in [6, 6.07) is 5.79. The molecule has 0 aromatic heterocycles. The highest BCUT2D eigenvalue weighted by atomic mass is 32.2. The van der Waals surface area contributed by atoms with E-state index in [9.17, 15) is 21.6 Å². The van der Waals surface area contributed by atoms with E-state index in [1.165, 1.54) is 18.2 Å². The van der Waals surface area contributed by atoms with Gasteiger partial charge in [-0.1, -0.05) is 30.4 Å². The van der Waals surface area contributed by atoms with Crippen LogP contribution in [0.2, 0.25) is 0 Å². The minimum Gasteiger partial charge on any atom is -0.389 e. The molecular weight excluding hydrogens is 329 g/mol. The third-order valence-electron chi connectivity index (χ3n) is 2.25. The van der Waals surface area contributed by atoms with Crippen molar-refractivity contribution in [1.29, 1.82) is 0 Å². The van der Waals surface area contributed by atoms with Gasteiger partial charge in [-0.15, -0.1) is 0 Å². The molecule has 0 bridgehead atoms. The molecule has 1 aromatic carbocycles. The SMILES string of the molecule is NC(=S)c1ccccc1S(=O)(=O)NCCOCC(F)(F)F. The van der Waals surface area contributed by atoms with Crippen LogP contribution in [0.4, 0.5) is 13.2 Å². The molecule has 0 aliphatic carbocycles. The van der Waals surface area contributed by atoms with Crippen molar-refractivity contribution in [3.63, 3.8) is 0 Å². The zero-order chi connectivity index (χ0) is 16.1. The molecule has 1 aromatic rings. The van der Waals surface area contributed by atoms with Gasteiger partial charge in [0.2, 0.25) is 10.0 Å². The molecule has 0 heterocycles. The second kappa shape index (κ2) is 7.16. The number of sulfonamides is 1. The number of thiocarbonyl (C=S) groups is 1. The molecule has 21 heavy (non-hydrogen) atoms. The summed E-state index contributed by atoms with van der Waals surface area (Å²) in [5.74, 6) is 0. The summed E-state index contributed by atoms with van der Waals surface area (Å²) in [6.07, 6.45) is -4.45. The highest BCUT2D eigenvalue weighted by Crippen LogP contribution is 2.15. The van der Waals surface area contributed by atoms with E-state index in [1.54, 1.807) is 6.07 Å². The van der Waals surface area contributed by atoms with Gasteiger partial charge >= 0.3 is 6.18 Å². The monoisotopic (exact) mass is 342 g/mol. The highest BCUT2D eigenvalue weighted by Gasteiger charge is 2.27. The number of rotatable bonds is 7. The molecule has 0 saturated carbocycles. The first kappa shape index (κ1) is 17.8. The van der Waals surface area contributed by atoms with Crippen LogP contribution in [0, 0.1) is 0 Å². The van der Waals surface area contributed by atoms with Gasteiger partial charge in [0.05, 0.1) is 11.5 Å². The summed E-state index contributed by atoms with van der Waals surface area (Å²) in [5.41, 5.74) is 5.59. The number of alkyl halides is 3. The maximum Gasteiger partial charge on any atom is 0.411 e. The van der Waals surface area contributed by atoms with Crippen LogP contribution in [0.25, 0.3) is 0 Å². The first-order chi connectivity index (χ1) is 9.63. The molecule has 0 spiro atoms. The van der Waals surface area contributed by atoms with Gasteiger partial charge in [-0.05, 0) is 6.07 Å². The van der Waals surface area contributed by atoms with Crippen molar-refractivity contribution < 1.29 is 26.3 Å². The van der Waals surface area contributed by atoms with E-state index in [4.69, 9.17) is 18.0 Å². The van der Waals surface area contributed by atoms with Gasteiger partial charge in [0, 0.05) is 12.1 Å². The van der Waals surface area contributed by atoms with Crippen LogP contribution < -0.4 is 10.5 Å². The largest absolute Gasteiger partial charge is 0.411 e. The minimum atomic E-state index is -4.45. The van der Waals surface area contributed by atoms with Gasteiger partial charge in [0.15, 0.2) is 0 Å². The molecule has 0 radical (unpaired) electrons. The van der Waals surface area contributed by atoms with Gasteiger partial charge in [-0.2, -0.15) is 13.2 Å². The molecule has 0 saturated heterocycles. The van der Waals surface area contributed by atoms with Gasteiger partial charge in [0.25, 0.3) is 0 Å². The molecular formula is C11H13F3N2O3S2. The zero-order valence-corrected chi connectivity index (χ0v) is 12.3. The predicted octanol–water partition coefficient (Wildman–Crippen LogP) is 1.18. The van der Waals surface area contributed by atoms with E-state index < -0.39 is 29.4 Å². The number of benzene rings is 1. The lowest BCUT2D eigenvalue weighted by atomic mass is 10.2. The molecule has 1 rings (SSSR count). The summed E-state index contributed by atoms with van der Waals surface area (Å²) in [6.45, 7) is -2.14. The third kappa shape index (κ3) is 5.96. The van der Waals surface area contributed by atoms with E-state index in [0.29, 0.717) is 0 Å². The zero-order valence-electron chi connectivity index (χ0n) is 10.7. The fraction of sp³-hybridized carbons (Fsp3) is 0.364. The maximum atomic E-state index is 12.0. The number of ether oxygens (including phenoxy) is 1. The van der Waals surface area contributed by atoms with Crippen LogP contribution in [-0.4, -0.2) is 39.3 Å². The Morgan fingerprint density at radius 3 is 2.52 bits per heavy atom. The summed E-state index contributed by atoms with van der Waals surface area (Å²) in [4.78, 5) is -0.224. The Morgan fingerprint density at radius 1 is 1.33 bits per heavy atom. The van der Waals surface area contributed by atoms with Crippen LogP contribution in [-0.2, 0) is 14.8 Å². The number of halogens is 3. The van der Waals surface area contributed by atoms with Crippen LogP contribution in [0.3, 0.4) is 0 Å². The second-order valence-corrected chi connectivity index (χ2v) is 6.10.